The number of hydrogen-bond acceptors (Lipinski definition) is 6. The highest BCUT2D eigenvalue weighted by Crippen LogP contribution is 2.21. The van der Waals surface area contributed by atoms with Crippen molar-refractivity contribution in [2.75, 3.05) is 13.6 Å². The molecule has 2 aromatic rings. The van der Waals surface area contributed by atoms with Gasteiger partial charge < -0.3 is 15.7 Å². The number of carboxylic acid groups (broad SMARTS) is 1. The molecule has 0 aliphatic carbocycles. The van der Waals surface area contributed by atoms with E-state index in [4.69, 9.17) is 5.11 Å². The summed E-state index contributed by atoms with van der Waals surface area (Å²) in [6.45, 7) is 3.50. The van der Waals surface area contributed by atoms with Crippen LogP contribution in [0.1, 0.15) is 23.5 Å². The third-order valence-corrected chi connectivity index (χ3v) is 5.23. The molecule has 136 valence electrons. The number of carboxylic acids is 1. The maximum absolute atomic E-state index is 12.5. The van der Waals surface area contributed by atoms with Gasteiger partial charge >= 0.3 is 11.7 Å². The second kappa shape index (κ2) is 6.81. The van der Waals surface area contributed by atoms with E-state index in [9.17, 15) is 19.2 Å². The van der Waals surface area contributed by atoms with E-state index in [0.29, 0.717) is 4.83 Å². The monoisotopic (exact) mass is 368 g/mol. The second-order valence-electron chi connectivity index (χ2n) is 6.06. The Morgan fingerprint density at radius 2 is 1.96 bits per heavy atom. The van der Waals surface area contributed by atoms with E-state index in [0.717, 1.165) is 15.9 Å². The van der Waals surface area contributed by atoms with Crippen LogP contribution in [0.3, 0.4) is 0 Å². The van der Waals surface area contributed by atoms with E-state index in [-0.39, 0.29) is 29.3 Å². The lowest BCUT2D eigenvalue weighted by atomic mass is 10.1. The number of hydrogen-bond donors (Lipinski definition) is 3. The summed E-state index contributed by atoms with van der Waals surface area (Å²) in [6, 6.07) is 1.27. The SMILES string of the molecule is CNC(C)(C)C(=O)NCCn1c(=O)c2cc(C(=O)O)sc2n(C)c1=O. The number of carbonyl (C=O) groups is 2. The molecular formula is C15H20N4O5S. The molecular weight excluding hydrogens is 348 g/mol. The zero-order chi connectivity index (χ0) is 18.9. The van der Waals surface area contributed by atoms with Gasteiger partial charge in [-0.3, -0.25) is 18.7 Å². The van der Waals surface area contributed by atoms with Crippen molar-refractivity contribution in [1.29, 1.82) is 0 Å². The first kappa shape index (κ1) is 18.9. The summed E-state index contributed by atoms with van der Waals surface area (Å²) in [5.41, 5.74) is -1.90. The van der Waals surface area contributed by atoms with Gasteiger partial charge in [-0.25, -0.2) is 9.59 Å². The number of aryl methyl sites for hydroxylation is 1. The second-order valence-corrected chi connectivity index (χ2v) is 7.09. The minimum absolute atomic E-state index is 0.00870. The number of fused-ring (bicyclic) bond motifs is 1. The fourth-order valence-corrected chi connectivity index (χ4v) is 3.15. The fraction of sp³-hybridized carbons (Fsp3) is 0.467. The molecule has 0 radical (unpaired) electrons. The van der Waals surface area contributed by atoms with Crippen LogP contribution in [0.4, 0.5) is 0 Å². The molecule has 25 heavy (non-hydrogen) atoms. The van der Waals surface area contributed by atoms with Crippen molar-refractivity contribution in [2.45, 2.75) is 25.9 Å². The van der Waals surface area contributed by atoms with Crippen LogP contribution in [0.2, 0.25) is 0 Å². The van der Waals surface area contributed by atoms with Crippen LogP contribution in [-0.2, 0) is 18.4 Å². The van der Waals surface area contributed by atoms with Crippen LogP contribution in [0.25, 0.3) is 10.2 Å². The van der Waals surface area contributed by atoms with Crippen LogP contribution >= 0.6 is 11.3 Å². The molecule has 0 unspecified atom stereocenters. The number of aromatic nitrogens is 2. The van der Waals surface area contributed by atoms with Gasteiger partial charge in [0.1, 0.15) is 9.71 Å². The van der Waals surface area contributed by atoms with E-state index >= 15 is 0 Å². The van der Waals surface area contributed by atoms with Crippen molar-refractivity contribution in [3.05, 3.63) is 31.8 Å². The van der Waals surface area contributed by atoms with Crippen molar-refractivity contribution < 1.29 is 14.7 Å². The summed E-state index contributed by atoms with van der Waals surface area (Å²) in [6.07, 6.45) is 0. The lowest BCUT2D eigenvalue weighted by molar-refractivity contribution is -0.126. The largest absolute Gasteiger partial charge is 0.477 e. The van der Waals surface area contributed by atoms with E-state index in [1.54, 1.807) is 20.9 Å². The standard InChI is InChI=1S/C15H20N4O5S/c1-15(2,16-3)13(23)17-5-6-19-10(20)8-7-9(12(21)22)25-11(8)18(4)14(19)24/h7,16H,5-6H2,1-4H3,(H,17,23)(H,21,22). The van der Waals surface area contributed by atoms with Crippen molar-refractivity contribution >= 4 is 33.4 Å². The average Bonchev–Trinajstić information content (AvgIpc) is 3.01. The molecule has 1 amide bonds. The van der Waals surface area contributed by atoms with Gasteiger partial charge in [-0.05, 0) is 27.0 Å². The van der Waals surface area contributed by atoms with Crippen LogP contribution in [0.5, 0.6) is 0 Å². The summed E-state index contributed by atoms with van der Waals surface area (Å²) in [5, 5.41) is 14.8. The Bertz CT molecular complexity index is 953. The number of likely N-dealkylation sites (N-methyl/N-ethyl adjacent to an activating group) is 1. The maximum Gasteiger partial charge on any atom is 0.345 e. The quantitative estimate of drug-likeness (QED) is 0.636. The Morgan fingerprint density at radius 3 is 2.52 bits per heavy atom. The first-order valence-corrected chi connectivity index (χ1v) is 8.35. The molecule has 0 aliphatic rings. The Labute approximate surface area is 146 Å². The van der Waals surface area contributed by atoms with Gasteiger partial charge in [-0.1, -0.05) is 0 Å². The van der Waals surface area contributed by atoms with Gasteiger partial charge in [0.2, 0.25) is 5.91 Å². The minimum Gasteiger partial charge on any atom is -0.477 e. The molecule has 0 aromatic carbocycles. The molecule has 9 nitrogen and oxygen atoms in total. The Balaban J connectivity index is 2.33. The van der Waals surface area contributed by atoms with Crippen molar-refractivity contribution in [3.63, 3.8) is 0 Å². The van der Waals surface area contributed by atoms with Crippen LogP contribution < -0.4 is 21.9 Å². The molecule has 2 rings (SSSR count). The molecule has 10 heteroatoms. The summed E-state index contributed by atoms with van der Waals surface area (Å²) in [7, 11) is 3.13. The normalized spacial score (nSPS) is 11.7. The number of amides is 1. The van der Waals surface area contributed by atoms with Gasteiger partial charge in [0, 0.05) is 20.1 Å². The van der Waals surface area contributed by atoms with Gasteiger partial charge in [-0.2, -0.15) is 0 Å². The average molecular weight is 368 g/mol. The Kier molecular flexibility index (Phi) is 5.14. The molecule has 0 saturated heterocycles. The summed E-state index contributed by atoms with van der Waals surface area (Å²) >= 11 is 0.876. The Hall–Kier alpha value is -2.46. The molecule has 2 heterocycles. The lowest BCUT2D eigenvalue weighted by Crippen LogP contribution is -2.52. The molecule has 0 atom stereocenters. The molecule has 0 bridgehead atoms. The highest BCUT2D eigenvalue weighted by molar-refractivity contribution is 7.20. The van der Waals surface area contributed by atoms with E-state index in [1.807, 2.05) is 0 Å². The number of aromatic carboxylic acids is 1. The van der Waals surface area contributed by atoms with Gasteiger partial charge in [0.25, 0.3) is 5.56 Å². The van der Waals surface area contributed by atoms with Gasteiger partial charge in [0.05, 0.1) is 10.9 Å². The topological polar surface area (TPSA) is 122 Å². The number of carbonyl (C=O) groups excluding carboxylic acids is 1. The molecule has 2 aromatic heterocycles. The maximum atomic E-state index is 12.5. The molecule has 0 fully saturated rings. The molecule has 0 spiro atoms. The number of nitrogens with one attached hydrogen (secondary N) is 2. The molecule has 0 saturated carbocycles. The van der Waals surface area contributed by atoms with Gasteiger partial charge in [0.15, 0.2) is 0 Å². The third kappa shape index (κ3) is 3.49. The molecule has 3 N–H and O–H groups in total. The predicted molar refractivity (Wildman–Crippen MR) is 94.4 cm³/mol. The summed E-state index contributed by atoms with van der Waals surface area (Å²) < 4.78 is 2.24. The van der Waals surface area contributed by atoms with Crippen molar-refractivity contribution in [2.24, 2.45) is 7.05 Å². The third-order valence-electron chi connectivity index (χ3n) is 4.03. The van der Waals surface area contributed by atoms with Crippen LogP contribution in [-0.4, -0.2) is 45.2 Å². The first-order valence-electron chi connectivity index (χ1n) is 7.54. The lowest BCUT2D eigenvalue weighted by Gasteiger charge is -2.22. The Morgan fingerprint density at radius 1 is 1.32 bits per heavy atom. The summed E-state index contributed by atoms with van der Waals surface area (Å²) in [5.74, 6) is -1.41. The zero-order valence-electron chi connectivity index (χ0n) is 14.4. The number of nitrogens with zero attached hydrogens (tertiary/aromatic N) is 2. The van der Waals surface area contributed by atoms with Crippen molar-refractivity contribution in [1.82, 2.24) is 19.8 Å². The van der Waals surface area contributed by atoms with Crippen LogP contribution in [0.15, 0.2) is 15.7 Å². The highest BCUT2D eigenvalue weighted by Gasteiger charge is 2.24. The summed E-state index contributed by atoms with van der Waals surface area (Å²) in [4.78, 5) is 48.3. The zero-order valence-corrected chi connectivity index (χ0v) is 15.2. The first-order chi connectivity index (χ1) is 11.6. The van der Waals surface area contributed by atoms with E-state index in [2.05, 4.69) is 10.6 Å². The minimum atomic E-state index is -1.15. The molecule has 0 aliphatic heterocycles. The van der Waals surface area contributed by atoms with Crippen LogP contribution in [0, 0.1) is 0 Å². The predicted octanol–water partition coefficient (Wildman–Crippen LogP) is -0.426. The van der Waals surface area contributed by atoms with E-state index < -0.39 is 22.8 Å². The highest BCUT2D eigenvalue weighted by atomic mass is 32.1. The number of thiophene rings is 1. The smallest absolute Gasteiger partial charge is 0.345 e. The van der Waals surface area contributed by atoms with Gasteiger partial charge in [-0.15, -0.1) is 11.3 Å². The fourth-order valence-electron chi connectivity index (χ4n) is 2.20. The van der Waals surface area contributed by atoms with E-state index in [1.165, 1.54) is 17.7 Å². The van der Waals surface area contributed by atoms with Crippen molar-refractivity contribution in [3.8, 4) is 0 Å². The number of rotatable bonds is 6.